The second-order valence-corrected chi connectivity index (χ2v) is 5.17. The van der Waals surface area contributed by atoms with Crippen molar-refractivity contribution in [2.45, 2.75) is 25.8 Å². The smallest absolute Gasteiger partial charge is 0.143 e. The Morgan fingerprint density at radius 1 is 1.56 bits per heavy atom. The highest BCUT2D eigenvalue weighted by atomic mass is 79.9. The first kappa shape index (κ1) is 11.9. The van der Waals surface area contributed by atoms with Gasteiger partial charge >= 0.3 is 0 Å². The van der Waals surface area contributed by atoms with Gasteiger partial charge in [-0.25, -0.2) is 4.98 Å². The number of halogens is 1. The minimum Gasteiger partial charge on any atom is -0.354 e. The van der Waals surface area contributed by atoms with Crippen molar-refractivity contribution in [2.75, 3.05) is 25.0 Å². The van der Waals surface area contributed by atoms with Crippen LogP contribution in [0.25, 0.3) is 0 Å². The summed E-state index contributed by atoms with van der Waals surface area (Å²) in [6.07, 6.45) is 4.37. The normalized spacial score (nSPS) is 20.8. The van der Waals surface area contributed by atoms with E-state index < -0.39 is 0 Å². The predicted octanol–water partition coefficient (Wildman–Crippen LogP) is 2.34. The van der Waals surface area contributed by atoms with E-state index in [-0.39, 0.29) is 0 Å². The molecule has 0 aliphatic carbocycles. The first-order chi connectivity index (χ1) is 7.70. The van der Waals surface area contributed by atoms with Crippen LogP contribution >= 0.6 is 15.9 Å². The molecule has 1 aliphatic rings. The summed E-state index contributed by atoms with van der Waals surface area (Å²) in [5.41, 5.74) is 1.24. The van der Waals surface area contributed by atoms with Crippen molar-refractivity contribution < 1.29 is 0 Å². The van der Waals surface area contributed by atoms with Crippen molar-refractivity contribution in [2.24, 2.45) is 0 Å². The Hall–Kier alpha value is -0.610. The maximum Gasteiger partial charge on any atom is 0.143 e. The van der Waals surface area contributed by atoms with Crippen LogP contribution in [0.5, 0.6) is 0 Å². The molecule has 0 saturated carbocycles. The average Bonchev–Trinajstić information content (AvgIpc) is 2.33. The van der Waals surface area contributed by atoms with E-state index in [0.29, 0.717) is 6.04 Å². The highest BCUT2D eigenvalue weighted by Crippen LogP contribution is 2.28. The van der Waals surface area contributed by atoms with Crippen LogP contribution in [-0.2, 0) is 0 Å². The molecule has 0 bridgehead atoms. The fraction of sp³-hybridized carbons (Fsp3) is 0.583. The molecule has 2 rings (SSSR count). The zero-order chi connectivity index (χ0) is 11.5. The quantitative estimate of drug-likeness (QED) is 0.903. The molecule has 2 heterocycles. The van der Waals surface area contributed by atoms with Crippen molar-refractivity contribution in [1.82, 2.24) is 10.3 Å². The summed E-state index contributed by atoms with van der Waals surface area (Å²) in [5.74, 6) is 1.05. The van der Waals surface area contributed by atoms with Crippen molar-refractivity contribution in [3.63, 3.8) is 0 Å². The Bertz CT molecular complexity index is 361. The third-order valence-corrected chi connectivity index (χ3v) is 4.20. The van der Waals surface area contributed by atoms with Crippen LogP contribution in [0.3, 0.4) is 0 Å². The van der Waals surface area contributed by atoms with E-state index in [1.54, 1.807) is 0 Å². The number of rotatable bonds is 2. The van der Waals surface area contributed by atoms with Gasteiger partial charge in [-0.15, -0.1) is 0 Å². The van der Waals surface area contributed by atoms with Gasteiger partial charge in [0.1, 0.15) is 5.82 Å². The molecule has 0 radical (unpaired) electrons. The van der Waals surface area contributed by atoms with Crippen LogP contribution < -0.4 is 10.2 Å². The Kier molecular flexibility index (Phi) is 3.82. The summed E-state index contributed by atoms with van der Waals surface area (Å²) in [6, 6.07) is 2.58. The second kappa shape index (κ2) is 5.15. The van der Waals surface area contributed by atoms with Crippen molar-refractivity contribution in [1.29, 1.82) is 0 Å². The minimum absolute atomic E-state index is 0.555. The first-order valence-corrected chi connectivity index (χ1v) is 6.54. The zero-order valence-corrected chi connectivity index (χ0v) is 11.4. The standard InChI is InChI=1S/C12H18BrN3/c1-9-5-7-15-12(11(9)13)16(2)10-4-3-6-14-8-10/h5,7,10,14H,3-4,6,8H2,1-2H3. The molecule has 16 heavy (non-hydrogen) atoms. The Balaban J connectivity index is 2.19. The van der Waals surface area contributed by atoms with Crippen LogP contribution in [0.1, 0.15) is 18.4 Å². The molecule has 1 fully saturated rings. The summed E-state index contributed by atoms with van der Waals surface area (Å²) in [5, 5.41) is 3.43. The molecule has 4 heteroatoms. The van der Waals surface area contributed by atoms with Gasteiger partial charge in [0, 0.05) is 25.8 Å². The number of nitrogens with one attached hydrogen (secondary N) is 1. The number of aromatic nitrogens is 1. The van der Waals surface area contributed by atoms with E-state index in [1.807, 2.05) is 12.3 Å². The maximum atomic E-state index is 4.47. The molecule has 1 N–H and O–H groups in total. The SMILES string of the molecule is Cc1ccnc(N(C)C2CCCNC2)c1Br. The lowest BCUT2D eigenvalue weighted by molar-refractivity contribution is 0.443. The van der Waals surface area contributed by atoms with E-state index in [4.69, 9.17) is 0 Å². The minimum atomic E-state index is 0.555. The molecule has 0 aromatic carbocycles. The molecule has 1 aliphatic heterocycles. The van der Waals surface area contributed by atoms with Gasteiger partial charge in [0.25, 0.3) is 0 Å². The molecule has 0 amide bonds. The summed E-state index contributed by atoms with van der Waals surface area (Å²) in [7, 11) is 2.13. The van der Waals surface area contributed by atoms with Gasteiger partial charge in [0.05, 0.1) is 4.47 Å². The summed E-state index contributed by atoms with van der Waals surface area (Å²) in [4.78, 5) is 6.75. The summed E-state index contributed by atoms with van der Waals surface area (Å²) < 4.78 is 1.11. The summed E-state index contributed by atoms with van der Waals surface area (Å²) in [6.45, 7) is 4.30. The lowest BCUT2D eigenvalue weighted by atomic mass is 10.1. The molecule has 0 spiro atoms. The van der Waals surface area contributed by atoms with Crippen LogP contribution in [0.15, 0.2) is 16.7 Å². The molecule has 1 atom stereocenters. The van der Waals surface area contributed by atoms with Crippen molar-refractivity contribution in [3.05, 3.63) is 22.3 Å². The Morgan fingerprint density at radius 2 is 2.38 bits per heavy atom. The summed E-state index contributed by atoms with van der Waals surface area (Å²) >= 11 is 3.62. The number of pyridine rings is 1. The van der Waals surface area contributed by atoms with E-state index in [9.17, 15) is 0 Å². The molecule has 1 aromatic rings. The van der Waals surface area contributed by atoms with E-state index in [0.717, 1.165) is 23.4 Å². The van der Waals surface area contributed by atoms with Gasteiger partial charge in [0.15, 0.2) is 0 Å². The number of piperidine rings is 1. The molecular formula is C12H18BrN3. The fourth-order valence-corrected chi connectivity index (χ4v) is 2.62. The highest BCUT2D eigenvalue weighted by Gasteiger charge is 2.20. The van der Waals surface area contributed by atoms with Gasteiger partial charge < -0.3 is 10.2 Å². The van der Waals surface area contributed by atoms with Crippen molar-refractivity contribution >= 4 is 21.7 Å². The molecular weight excluding hydrogens is 266 g/mol. The van der Waals surface area contributed by atoms with Crippen LogP contribution in [0, 0.1) is 6.92 Å². The monoisotopic (exact) mass is 283 g/mol. The van der Waals surface area contributed by atoms with Crippen LogP contribution in [0.2, 0.25) is 0 Å². The number of hydrogen-bond donors (Lipinski definition) is 1. The second-order valence-electron chi connectivity index (χ2n) is 4.38. The largest absolute Gasteiger partial charge is 0.354 e. The highest BCUT2D eigenvalue weighted by molar-refractivity contribution is 9.10. The third-order valence-electron chi connectivity index (χ3n) is 3.22. The molecule has 1 unspecified atom stereocenters. The lowest BCUT2D eigenvalue weighted by Gasteiger charge is -2.33. The van der Waals surface area contributed by atoms with E-state index in [2.05, 4.69) is 45.1 Å². The average molecular weight is 284 g/mol. The fourth-order valence-electron chi connectivity index (χ4n) is 2.11. The van der Waals surface area contributed by atoms with E-state index in [1.165, 1.54) is 18.4 Å². The number of anilines is 1. The van der Waals surface area contributed by atoms with Crippen molar-refractivity contribution in [3.8, 4) is 0 Å². The van der Waals surface area contributed by atoms with Crippen LogP contribution in [-0.4, -0.2) is 31.2 Å². The van der Waals surface area contributed by atoms with Crippen LogP contribution in [0.4, 0.5) is 5.82 Å². The van der Waals surface area contributed by atoms with Gasteiger partial charge in [-0.1, -0.05) is 0 Å². The zero-order valence-electron chi connectivity index (χ0n) is 9.83. The molecule has 3 nitrogen and oxygen atoms in total. The number of hydrogen-bond acceptors (Lipinski definition) is 3. The van der Waals surface area contributed by atoms with E-state index >= 15 is 0 Å². The third kappa shape index (κ3) is 2.38. The topological polar surface area (TPSA) is 28.2 Å². The first-order valence-electron chi connectivity index (χ1n) is 5.75. The Labute approximate surface area is 105 Å². The number of nitrogens with zero attached hydrogens (tertiary/aromatic N) is 2. The molecule has 1 saturated heterocycles. The van der Waals surface area contributed by atoms with Gasteiger partial charge in [-0.3, -0.25) is 0 Å². The lowest BCUT2D eigenvalue weighted by Crippen LogP contribution is -2.44. The van der Waals surface area contributed by atoms with Gasteiger partial charge in [0.2, 0.25) is 0 Å². The predicted molar refractivity (Wildman–Crippen MR) is 71.0 cm³/mol. The maximum absolute atomic E-state index is 4.47. The van der Waals surface area contributed by atoms with Gasteiger partial charge in [-0.2, -0.15) is 0 Å². The Morgan fingerprint density at radius 3 is 3.06 bits per heavy atom. The number of aryl methyl sites for hydroxylation is 1. The molecule has 88 valence electrons. The number of likely N-dealkylation sites (N-methyl/N-ethyl adjacent to an activating group) is 1. The molecule has 1 aromatic heterocycles. The van der Waals surface area contributed by atoms with Gasteiger partial charge in [-0.05, 0) is 53.9 Å².